The number of benzene rings is 2. The summed E-state index contributed by atoms with van der Waals surface area (Å²) in [6.45, 7) is 9.05. The van der Waals surface area contributed by atoms with E-state index in [1.807, 2.05) is 29.2 Å². The topological polar surface area (TPSA) is 30.0 Å². The van der Waals surface area contributed by atoms with E-state index in [-0.39, 0.29) is 5.91 Å². The van der Waals surface area contributed by atoms with E-state index in [2.05, 4.69) is 58.0 Å². The molecule has 2 aliphatic heterocycles. The standard InChI is InChI=1S/C24H29ClN4O/c1-20(26-11-13-28(14-12-26)23-9-7-21(25)8-10-23)19-24(30)29-17-15-27(16-18-29)22-5-3-2-4-6-22/h2-10,19H,11-18H2,1H3/b20-19-. The Labute approximate surface area is 184 Å². The second-order valence-corrected chi connectivity index (χ2v) is 8.32. The summed E-state index contributed by atoms with van der Waals surface area (Å²) in [5, 5.41) is 0.763. The van der Waals surface area contributed by atoms with Gasteiger partial charge in [-0.05, 0) is 43.3 Å². The molecule has 2 aromatic rings. The first-order valence-corrected chi connectivity index (χ1v) is 11.0. The average molecular weight is 425 g/mol. The fourth-order valence-electron chi connectivity index (χ4n) is 4.15. The molecule has 0 bridgehead atoms. The van der Waals surface area contributed by atoms with Gasteiger partial charge in [0, 0.05) is 80.5 Å². The zero-order valence-electron chi connectivity index (χ0n) is 17.5. The van der Waals surface area contributed by atoms with Crippen molar-refractivity contribution >= 4 is 28.9 Å². The number of allylic oxidation sites excluding steroid dienone is 1. The number of anilines is 2. The fourth-order valence-corrected chi connectivity index (χ4v) is 4.28. The van der Waals surface area contributed by atoms with Crippen LogP contribution in [-0.4, -0.2) is 68.1 Å². The van der Waals surface area contributed by atoms with E-state index in [1.165, 1.54) is 11.4 Å². The Morgan fingerprint density at radius 3 is 1.80 bits per heavy atom. The smallest absolute Gasteiger partial charge is 0.248 e. The second-order valence-electron chi connectivity index (χ2n) is 7.88. The lowest BCUT2D eigenvalue weighted by atomic mass is 10.2. The molecule has 0 unspecified atom stereocenters. The van der Waals surface area contributed by atoms with Crippen molar-refractivity contribution < 1.29 is 4.79 Å². The minimum Gasteiger partial charge on any atom is -0.371 e. The number of rotatable bonds is 4. The third-order valence-electron chi connectivity index (χ3n) is 6.02. The molecule has 2 saturated heterocycles. The van der Waals surface area contributed by atoms with Crippen molar-refractivity contribution in [2.75, 3.05) is 62.2 Å². The van der Waals surface area contributed by atoms with Crippen LogP contribution in [0.25, 0.3) is 0 Å². The maximum Gasteiger partial charge on any atom is 0.248 e. The van der Waals surface area contributed by atoms with Crippen LogP contribution in [-0.2, 0) is 4.79 Å². The molecule has 5 nitrogen and oxygen atoms in total. The molecule has 0 N–H and O–H groups in total. The maximum atomic E-state index is 12.8. The van der Waals surface area contributed by atoms with E-state index >= 15 is 0 Å². The number of nitrogens with zero attached hydrogens (tertiary/aromatic N) is 4. The van der Waals surface area contributed by atoms with Crippen molar-refractivity contribution in [1.82, 2.24) is 9.80 Å². The molecule has 0 aliphatic carbocycles. The van der Waals surface area contributed by atoms with Crippen molar-refractivity contribution in [3.8, 4) is 0 Å². The molecule has 2 aliphatic rings. The summed E-state index contributed by atoms with van der Waals surface area (Å²) in [6.07, 6.45) is 1.82. The van der Waals surface area contributed by atoms with Crippen LogP contribution in [0.15, 0.2) is 66.4 Å². The lowest BCUT2D eigenvalue weighted by molar-refractivity contribution is -0.126. The second kappa shape index (κ2) is 9.43. The maximum absolute atomic E-state index is 12.8. The van der Waals surface area contributed by atoms with Crippen molar-refractivity contribution in [1.29, 1.82) is 0 Å². The van der Waals surface area contributed by atoms with E-state index in [0.717, 1.165) is 63.1 Å². The number of carbonyl (C=O) groups excluding carboxylic acids is 1. The molecule has 0 spiro atoms. The minimum atomic E-state index is 0.125. The first-order chi connectivity index (χ1) is 14.6. The molecule has 0 atom stereocenters. The van der Waals surface area contributed by atoms with Gasteiger partial charge >= 0.3 is 0 Å². The molecular weight excluding hydrogens is 396 g/mol. The quantitative estimate of drug-likeness (QED) is 0.700. The molecule has 6 heteroatoms. The van der Waals surface area contributed by atoms with Gasteiger partial charge < -0.3 is 19.6 Å². The first kappa shape index (κ1) is 20.6. The Hall–Kier alpha value is -2.66. The van der Waals surface area contributed by atoms with Crippen LogP contribution in [0.1, 0.15) is 6.92 Å². The molecule has 30 heavy (non-hydrogen) atoms. The van der Waals surface area contributed by atoms with E-state index in [0.29, 0.717) is 0 Å². The predicted octanol–water partition coefficient (Wildman–Crippen LogP) is 3.71. The Kier molecular flexibility index (Phi) is 6.48. The van der Waals surface area contributed by atoms with Gasteiger partial charge in [-0.15, -0.1) is 0 Å². The van der Waals surface area contributed by atoms with Gasteiger partial charge in [-0.1, -0.05) is 29.8 Å². The Balaban J connectivity index is 1.28. The lowest BCUT2D eigenvalue weighted by Crippen LogP contribution is -2.49. The van der Waals surface area contributed by atoms with Crippen LogP contribution in [0.3, 0.4) is 0 Å². The Morgan fingerprint density at radius 2 is 1.23 bits per heavy atom. The number of hydrogen-bond acceptors (Lipinski definition) is 4. The molecule has 1 amide bonds. The van der Waals surface area contributed by atoms with E-state index in [1.54, 1.807) is 0 Å². The summed E-state index contributed by atoms with van der Waals surface area (Å²) in [5.41, 5.74) is 3.49. The molecule has 4 rings (SSSR count). The van der Waals surface area contributed by atoms with Crippen LogP contribution in [0, 0.1) is 0 Å². The minimum absolute atomic E-state index is 0.125. The Morgan fingerprint density at radius 1 is 0.733 bits per heavy atom. The Bertz CT molecular complexity index is 868. The molecule has 2 aromatic carbocycles. The van der Waals surface area contributed by atoms with Gasteiger partial charge in [0.2, 0.25) is 5.91 Å². The van der Waals surface area contributed by atoms with Crippen molar-refractivity contribution in [2.45, 2.75) is 6.92 Å². The molecule has 0 aromatic heterocycles. The van der Waals surface area contributed by atoms with Gasteiger partial charge in [0.25, 0.3) is 0 Å². The van der Waals surface area contributed by atoms with Crippen molar-refractivity contribution in [3.63, 3.8) is 0 Å². The summed E-state index contributed by atoms with van der Waals surface area (Å²) in [4.78, 5) is 21.8. The molecule has 158 valence electrons. The normalized spacial score (nSPS) is 18.0. The van der Waals surface area contributed by atoms with Gasteiger partial charge in [0.1, 0.15) is 0 Å². The van der Waals surface area contributed by atoms with Gasteiger partial charge in [0.05, 0.1) is 0 Å². The summed E-state index contributed by atoms with van der Waals surface area (Å²) < 4.78 is 0. The summed E-state index contributed by atoms with van der Waals surface area (Å²) in [7, 11) is 0. The summed E-state index contributed by atoms with van der Waals surface area (Å²) in [6, 6.07) is 18.4. The van der Waals surface area contributed by atoms with Gasteiger partial charge in [0.15, 0.2) is 0 Å². The van der Waals surface area contributed by atoms with Gasteiger partial charge in [-0.25, -0.2) is 0 Å². The highest BCUT2D eigenvalue weighted by molar-refractivity contribution is 6.30. The highest BCUT2D eigenvalue weighted by Crippen LogP contribution is 2.21. The van der Waals surface area contributed by atoms with Crippen LogP contribution in [0.5, 0.6) is 0 Å². The lowest BCUT2D eigenvalue weighted by Gasteiger charge is -2.38. The highest BCUT2D eigenvalue weighted by atomic mass is 35.5. The van der Waals surface area contributed by atoms with Crippen LogP contribution in [0.2, 0.25) is 5.02 Å². The molecule has 2 heterocycles. The molecule has 0 saturated carbocycles. The number of piperazine rings is 2. The fraction of sp³-hybridized carbons (Fsp3) is 0.375. The molecular formula is C24H29ClN4O. The molecule has 0 radical (unpaired) electrons. The third kappa shape index (κ3) is 4.90. The average Bonchev–Trinajstić information content (AvgIpc) is 2.80. The monoisotopic (exact) mass is 424 g/mol. The van der Waals surface area contributed by atoms with Crippen molar-refractivity contribution in [3.05, 3.63) is 71.4 Å². The first-order valence-electron chi connectivity index (χ1n) is 10.6. The van der Waals surface area contributed by atoms with E-state index in [9.17, 15) is 4.79 Å². The van der Waals surface area contributed by atoms with Gasteiger partial charge in [-0.2, -0.15) is 0 Å². The van der Waals surface area contributed by atoms with Crippen LogP contribution < -0.4 is 9.80 Å². The third-order valence-corrected chi connectivity index (χ3v) is 6.27. The largest absolute Gasteiger partial charge is 0.371 e. The van der Waals surface area contributed by atoms with Crippen molar-refractivity contribution in [2.24, 2.45) is 0 Å². The number of carbonyl (C=O) groups is 1. The predicted molar refractivity (Wildman–Crippen MR) is 124 cm³/mol. The number of amides is 1. The van der Waals surface area contributed by atoms with Crippen LogP contribution in [0.4, 0.5) is 11.4 Å². The number of hydrogen-bond donors (Lipinski definition) is 0. The number of para-hydroxylation sites is 1. The zero-order valence-corrected chi connectivity index (χ0v) is 18.3. The summed E-state index contributed by atoms with van der Waals surface area (Å²) in [5.74, 6) is 0.125. The highest BCUT2D eigenvalue weighted by Gasteiger charge is 2.22. The van der Waals surface area contributed by atoms with Gasteiger partial charge in [-0.3, -0.25) is 4.79 Å². The van der Waals surface area contributed by atoms with Crippen LogP contribution >= 0.6 is 11.6 Å². The van der Waals surface area contributed by atoms with E-state index < -0.39 is 0 Å². The molecule has 2 fully saturated rings. The summed E-state index contributed by atoms with van der Waals surface area (Å²) >= 11 is 5.99. The van der Waals surface area contributed by atoms with E-state index in [4.69, 9.17) is 11.6 Å². The number of halogens is 1. The zero-order chi connectivity index (χ0) is 20.9. The SMILES string of the molecule is C/C(=C/C(=O)N1CCN(c2ccccc2)CC1)N1CCN(c2ccc(Cl)cc2)CC1.